The second-order valence-corrected chi connectivity index (χ2v) is 3.85. The monoisotopic (exact) mass is 213 g/mol. The van der Waals surface area contributed by atoms with Crippen LogP contribution in [0.1, 0.15) is 22.7 Å². The number of nitrogens with zero attached hydrogens (tertiary/aromatic N) is 2. The van der Waals surface area contributed by atoms with E-state index in [0.29, 0.717) is 6.54 Å². The first-order chi connectivity index (χ1) is 7.81. The van der Waals surface area contributed by atoms with Gasteiger partial charge < -0.3 is 5.73 Å². The Morgan fingerprint density at radius 1 is 1.19 bits per heavy atom. The molecule has 2 rings (SSSR count). The zero-order chi connectivity index (χ0) is 11.4. The van der Waals surface area contributed by atoms with Gasteiger partial charge in [-0.15, -0.1) is 0 Å². The second kappa shape index (κ2) is 4.86. The molecule has 1 heterocycles. The summed E-state index contributed by atoms with van der Waals surface area (Å²) in [6, 6.07) is 12.2. The van der Waals surface area contributed by atoms with Crippen molar-refractivity contribution in [2.24, 2.45) is 5.73 Å². The minimum Gasteiger partial charge on any atom is -0.329 e. The van der Waals surface area contributed by atoms with E-state index in [9.17, 15) is 0 Å². The number of hydrogen-bond acceptors (Lipinski definition) is 3. The smallest absolute Gasteiger partial charge is 0.0718 e. The van der Waals surface area contributed by atoms with E-state index in [4.69, 9.17) is 5.73 Å². The molecule has 0 spiro atoms. The summed E-state index contributed by atoms with van der Waals surface area (Å²) in [6.45, 7) is 2.62. The van der Waals surface area contributed by atoms with Crippen molar-refractivity contribution in [3.05, 3.63) is 59.4 Å². The number of nitrogens with two attached hydrogens (primary N) is 1. The predicted octanol–water partition coefficient (Wildman–Crippen LogP) is 1.88. The zero-order valence-electron chi connectivity index (χ0n) is 9.30. The van der Waals surface area contributed by atoms with Crippen LogP contribution in [0.2, 0.25) is 0 Å². The Morgan fingerprint density at radius 2 is 1.94 bits per heavy atom. The van der Waals surface area contributed by atoms with E-state index < -0.39 is 0 Å². The number of aromatic nitrogens is 2. The number of aryl methyl sites for hydroxylation is 1. The normalized spacial score (nSPS) is 12.4. The molecule has 3 heteroatoms. The minimum atomic E-state index is 0.134. The van der Waals surface area contributed by atoms with Crippen molar-refractivity contribution in [1.29, 1.82) is 0 Å². The Morgan fingerprint density at radius 3 is 2.50 bits per heavy atom. The lowest BCUT2D eigenvalue weighted by Gasteiger charge is -2.13. The molecular weight excluding hydrogens is 198 g/mol. The van der Waals surface area contributed by atoms with Crippen molar-refractivity contribution in [3.63, 3.8) is 0 Å². The van der Waals surface area contributed by atoms with Gasteiger partial charge >= 0.3 is 0 Å². The first-order valence-corrected chi connectivity index (χ1v) is 5.35. The van der Waals surface area contributed by atoms with Crippen molar-refractivity contribution in [3.8, 4) is 0 Å². The molecule has 2 N–H and O–H groups in total. The Labute approximate surface area is 95.3 Å². The summed E-state index contributed by atoms with van der Waals surface area (Å²) in [7, 11) is 0. The van der Waals surface area contributed by atoms with Crippen LogP contribution in [0.5, 0.6) is 0 Å². The number of rotatable bonds is 3. The van der Waals surface area contributed by atoms with Gasteiger partial charge in [0.15, 0.2) is 0 Å². The van der Waals surface area contributed by atoms with E-state index in [1.807, 2.05) is 12.1 Å². The van der Waals surface area contributed by atoms with E-state index in [0.717, 1.165) is 5.69 Å². The van der Waals surface area contributed by atoms with E-state index in [1.165, 1.54) is 11.1 Å². The molecule has 1 aromatic heterocycles. The fourth-order valence-corrected chi connectivity index (χ4v) is 1.73. The molecule has 0 aliphatic carbocycles. The van der Waals surface area contributed by atoms with Crippen molar-refractivity contribution in [2.75, 3.05) is 6.54 Å². The summed E-state index contributed by atoms with van der Waals surface area (Å²) >= 11 is 0. The van der Waals surface area contributed by atoms with Crippen LogP contribution < -0.4 is 5.73 Å². The average molecular weight is 213 g/mol. The molecule has 16 heavy (non-hydrogen) atoms. The standard InChI is InChI=1S/C13H15N3/c1-10-4-6-11(7-5-10)12(9-14)13-3-2-8-15-16-13/h2-8,12H,9,14H2,1H3. The van der Waals surface area contributed by atoms with Gasteiger partial charge in [-0.3, -0.25) is 0 Å². The first kappa shape index (κ1) is 10.8. The molecule has 1 aromatic carbocycles. The Balaban J connectivity index is 2.33. The molecule has 1 unspecified atom stereocenters. The molecule has 0 fully saturated rings. The van der Waals surface area contributed by atoms with Crippen LogP contribution in [0.15, 0.2) is 42.6 Å². The van der Waals surface area contributed by atoms with Gasteiger partial charge in [0.05, 0.1) is 5.69 Å². The molecule has 0 aliphatic heterocycles. The SMILES string of the molecule is Cc1ccc(C(CN)c2cccnn2)cc1. The van der Waals surface area contributed by atoms with Crippen molar-refractivity contribution in [2.45, 2.75) is 12.8 Å². The van der Waals surface area contributed by atoms with E-state index in [-0.39, 0.29) is 5.92 Å². The molecule has 0 aliphatic rings. The molecule has 0 bridgehead atoms. The highest BCUT2D eigenvalue weighted by molar-refractivity contribution is 5.30. The maximum Gasteiger partial charge on any atom is 0.0718 e. The maximum atomic E-state index is 5.81. The third kappa shape index (κ3) is 2.25. The first-order valence-electron chi connectivity index (χ1n) is 5.35. The molecular formula is C13H15N3. The molecule has 1 atom stereocenters. The van der Waals surface area contributed by atoms with E-state index in [1.54, 1.807) is 6.20 Å². The van der Waals surface area contributed by atoms with Gasteiger partial charge in [0.1, 0.15) is 0 Å². The highest BCUT2D eigenvalue weighted by Crippen LogP contribution is 2.21. The third-order valence-electron chi connectivity index (χ3n) is 2.67. The molecule has 3 nitrogen and oxygen atoms in total. The summed E-state index contributed by atoms with van der Waals surface area (Å²) in [5.41, 5.74) is 9.17. The lowest BCUT2D eigenvalue weighted by molar-refractivity contribution is 0.760. The fourth-order valence-electron chi connectivity index (χ4n) is 1.73. The van der Waals surface area contributed by atoms with Crippen LogP contribution in [0.3, 0.4) is 0 Å². The molecule has 0 saturated carbocycles. The Hall–Kier alpha value is -1.74. The van der Waals surface area contributed by atoms with Gasteiger partial charge in [0, 0.05) is 18.7 Å². The van der Waals surface area contributed by atoms with Crippen molar-refractivity contribution in [1.82, 2.24) is 10.2 Å². The van der Waals surface area contributed by atoms with Crippen molar-refractivity contribution < 1.29 is 0 Å². The van der Waals surface area contributed by atoms with Gasteiger partial charge in [-0.05, 0) is 24.6 Å². The molecule has 2 aromatic rings. The van der Waals surface area contributed by atoms with Crippen molar-refractivity contribution >= 4 is 0 Å². The van der Waals surface area contributed by atoms with Crippen LogP contribution in [0.25, 0.3) is 0 Å². The van der Waals surface area contributed by atoms with Crippen LogP contribution >= 0.6 is 0 Å². The maximum absolute atomic E-state index is 5.81. The predicted molar refractivity (Wildman–Crippen MR) is 64.1 cm³/mol. The van der Waals surface area contributed by atoms with Crippen LogP contribution in [0.4, 0.5) is 0 Å². The molecule has 0 saturated heterocycles. The topological polar surface area (TPSA) is 51.8 Å². The summed E-state index contributed by atoms with van der Waals surface area (Å²) in [6.07, 6.45) is 1.67. The lowest BCUT2D eigenvalue weighted by atomic mass is 9.95. The minimum absolute atomic E-state index is 0.134. The Bertz CT molecular complexity index is 436. The number of hydrogen-bond donors (Lipinski definition) is 1. The van der Waals surface area contributed by atoms with E-state index in [2.05, 4.69) is 41.4 Å². The average Bonchev–Trinajstić information content (AvgIpc) is 2.34. The van der Waals surface area contributed by atoms with Gasteiger partial charge in [-0.2, -0.15) is 10.2 Å². The fraction of sp³-hybridized carbons (Fsp3) is 0.231. The highest BCUT2D eigenvalue weighted by Gasteiger charge is 2.13. The summed E-state index contributed by atoms with van der Waals surface area (Å²) in [5.74, 6) is 0.134. The lowest BCUT2D eigenvalue weighted by Crippen LogP contribution is -2.15. The Kier molecular flexibility index (Phi) is 3.27. The summed E-state index contributed by atoms with van der Waals surface area (Å²) in [4.78, 5) is 0. The third-order valence-corrected chi connectivity index (χ3v) is 2.67. The summed E-state index contributed by atoms with van der Waals surface area (Å²) in [5, 5.41) is 8.01. The molecule has 0 amide bonds. The van der Waals surface area contributed by atoms with Crippen LogP contribution in [-0.4, -0.2) is 16.7 Å². The quantitative estimate of drug-likeness (QED) is 0.846. The van der Waals surface area contributed by atoms with Gasteiger partial charge in [0.25, 0.3) is 0 Å². The van der Waals surface area contributed by atoms with Gasteiger partial charge in [-0.1, -0.05) is 29.8 Å². The van der Waals surface area contributed by atoms with Gasteiger partial charge in [0.2, 0.25) is 0 Å². The highest BCUT2D eigenvalue weighted by atomic mass is 15.1. The molecule has 82 valence electrons. The van der Waals surface area contributed by atoms with Gasteiger partial charge in [-0.25, -0.2) is 0 Å². The van der Waals surface area contributed by atoms with E-state index >= 15 is 0 Å². The van der Waals surface area contributed by atoms with Crippen LogP contribution in [0, 0.1) is 6.92 Å². The largest absolute Gasteiger partial charge is 0.329 e. The summed E-state index contributed by atoms with van der Waals surface area (Å²) < 4.78 is 0. The second-order valence-electron chi connectivity index (χ2n) is 3.85. The zero-order valence-corrected chi connectivity index (χ0v) is 9.30. The number of benzene rings is 1. The molecule has 0 radical (unpaired) electrons. The van der Waals surface area contributed by atoms with Crippen LogP contribution in [-0.2, 0) is 0 Å².